The number of carbonyl (C=O) groups excluding carboxylic acids is 3. The minimum atomic E-state index is -0.544. The summed E-state index contributed by atoms with van der Waals surface area (Å²) < 4.78 is 0. The first-order chi connectivity index (χ1) is 11.0. The molecule has 0 unspecified atom stereocenters. The van der Waals surface area contributed by atoms with Gasteiger partial charge in [-0.1, -0.05) is 19.3 Å². The lowest BCUT2D eigenvalue weighted by Gasteiger charge is -2.25. The molecule has 1 atom stereocenters. The highest BCUT2D eigenvalue weighted by atomic mass is 16.2. The summed E-state index contributed by atoms with van der Waals surface area (Å²) in [5, 5.41) is 8.10. The molecule has 2 saturated carbocycles. The number of carbonyl (C=O) groups is 3. The van der Waals surface area contributed by atoms with Gasteiger partial charge in [0.05, 0.1) is 12.6 Å². The predicted molar refractivity (Wildman–Crippen MR) is 86.8 cm³/mol. The molecule has 0 aliphatic heterocycles. The Balaban J connectivity index is 1.69. The second-order valence-corrected chi connectivity index (χ2v) is 6.73. The van der Waals surface area contributed by atoms with Gasteiger partial charge in [0, 0.05) is 12.1 Å². The van der Waals surface area contributed by atoms with E-state index in [-0.39, 0.29) is 24.4 Å². The standard InChI is InChI=1S/C16H28N4O3/c1-11(20(2)10-14(21)17-13-8-9-13)15(22)19-16(23)18-12-6-4-3-5-7-12/h11-13H,3-10H2,1-2H3,(H,17,21)(H2,18,19,22,23)/t11-/m0/s1. The lowest BCUT2D eigenvalue weighted by molar-refractivity contribution is -0.126. The predicted octanol–water partition coefficient (Wildman–Crippen LogP) is 0.744. The third-order valence-electron chi connectivity index (χ3n) is 4.55. The van der Waals surface area contributed by atoms with Crippen molar-refractivity contribution in [2.75, 3.05) is 13.6 Å². The molecule has 0 aromatic rings. The van der Waals surface area contributed by atoms with Gasteiger partial charge in [-0.3, -0.25) is 19.8 Å². The van der Waals surface area contributed by atoms with E-state index in [1.165, 1.54) is 6.42 Å². The van der Waals surface area contributed by atoms with Gasteiger partial charge in [-0.15, -0.1) is 0 Å². The van der Waals surface area contributed by atoms with E-state index in [2.05, 4.69) is 16.0 Å². The van der Waals surface area contributed by atoms with Crippen molar-refractivity contribution in [1.82, 2.24) is 20.9 Å². The summed E-state index contributed by atoms with van der Waals surface area (Å²) in [4.78, 5) is 37.4. The van der Waals surface area contributed by atoms with Gasteiger partial charge < -0.3 is 10.6 Å². The molecule has 0 aromatic heterocycles. The van der Waals surface area contributed by atoms with E-state index < -0.39 is 12.1 Å². The lowest BCUT2D eigenvalue weighted by Crippen LogP contribution is -2.52. The van der Waals surface area contributed by atoms with Gasteiger partial charge in [0.25, 0.3) is 0 Å². The molecule has 7 heteroatoms. The van der Waals surface area contributed by atoms with Crippen LogP contribution >= 0.6 is 0 Å². The Morgan fingerprint density at radius 3 is 2.22 bits per heavy atom. The normalized spacial score (nSPS) is 20.0. The summed E-state index contributed by atoms with van der Waals surface area (Å²) in [7, 11) is 1.70. The molecule has 0 radical (unpaired) electrons. The Hall–Kier alpha value is -1.63. The molecule has 2 rings (SSSR count). The highest BCUT2D eigenvalue weighted by Gasteiger charge is 2.26. The van der Waals surface area contributed by atoms with Gasteiger partial charge in [-0.2, -0.15) is 0 Å². The summed E-state index contributed by atoms with van der Waals surface area (Å²) >= 11 is 0. The monoisotopic (exact) mass is 324 g/mol. The molecule has 7 nitrogen and oxygen atoms in total. The van der Waals surface area contributed by atoms with Crippen LogP contribution in [-0.4, -0.2) is 54.5 Å². The zero-order valence-electron chi connectivity index (χ0n) is 14.1. The Labute approximate surface area is 137 Å². The number of urea groups is 1. The topological polar surface area (TPSA) is 90.5 Å². The molecule has 0 saturated heterocycles. The minimum absolute atomic E-state index is 0.0821. The first kappa shape index (κ1) is 17.7. The summed E-state index contributed by atoms with van der Waals surface area (Å²) in [6.07, 6.45) is 7.46. The summed E-state index contributed by atoms with van der Waals surface area (Å²) in [6.45, 7) is 1.84. The fourth-order valence-electron chi connectivity index (χ4n) is 2.75. The van der Waals surface area contributed by atoms with Crippen molar-refractivity contribution in [1.29, 1.82) is 0 Å². The molecular weight excluding hydrogens is 296 g/mol. The van der Waals surface area contributed by atoms with Crippen molar-refractivity contribution < 1.29 is 14.4 Å². The lowest BCUT2D eigenvalue weighted by atomic mass is 9.96. The van der Waals surface area contributed by atoms with Crippen LogP contribution in [0.5, 0.6) is 0 Å². The summed E-state index contributed by atoms with van der Waals surface area (Å²) in [6, 6.07) is -0.517. The zero-order chi connectivity index (χ0) is 16.8. The average molecular weight is 324 g/mol. The van der Waals surface area contributed by atoms with Gasteiger partial charge in [0.1, 0.15) is 0 Å². The average Bonchev–Trinajstić information content (AvgIpc) is 3.30. The highest BCUT2D eigenvalue weighted by molar-refractivity contribution is 5.97. The molecule has 0 heterocycles. The molecule has 0 aromatic carbocycles. The first-order valence-corrected chi connectivity index (χ1v) is 8.56. The third kappa shape index (κ3) is 6.17. The fourth-order valence-corrected chi connectivity index (χ4v) is 2.75. The largest absolute Gasteiger partial charge is 0.352 e. The number of nitrogens with one attached hydrogen (secondary N) is 3. The van der Waals surface area contributed by atoms with Gasteiger partial charge >= 0.3 is 6.03 Å². The van der Waals surface area contributed by atoms with Crippen LogP contribution in [0.3, 0.4) is 0 Å². The molecule has 23 heavy (non-hydrogen) atoms. The summed E-state index contributed by atoms with van der Waals surface area (Å²) in [5.41, 5.74) is 0. The minimum Gasteiger partial charge on any atom is -0.352 e. The summed E-state index contributed by atoms with van der Waals surface area (Å²) in [5.74, 6) is -0.471. The van der Waals surface area contributed by atoms with Gasteiger partial charge in [-0.05, 0) is 39.7 Å². The fraction of sp³-hybridized carbons (Fsp3) is 0.812. The molecule has 4 amide bonds. The van der Waals surface area contributed by atoms with Crippen molar-refractivity contribution in [3.8, 4) is 0 Å². The van der Waals surface area contributed by atoms with E-state index in [1.807, 2.05) is 0 Å². The number of rotatable bonds is 6. The van der Waals surface area contributed by atoms with Crippen LogP contribution in [-0.2, 0) is 9.59 Å². The highest BCUT2D eigenvalue weighted by Crippen LogP contribution is 2.18. The zero-order valence-corrected chi connectivity index (χ0v) is 14.1. The number of imide groups is 1. The van der Waals surface area contributed by atoms with Gasteiger partial charge in [-0.25, -0.2) is 4.79 Å². The molecule has 0 bridgehead atoms. The Morgan fingerprint density at radius 2 is 1.61 bits per heavy atom. The van der Waals surface area contributed by atoms with Crippen molar-refractivity contribution in [3.05, 3.63) is 0 Å². The molecule has 130 valence electrons. The molecule has 2 aliphatic rings. The van der Waals surface area contributed by atoms with E-state index in [9.17, 15) is 14.4 Å². The molecule has 0 spiro atoms. The Kier molecular flexibility index (Phi) is 6.38. The van der Waals surface area contributed by atoms with E-state index in [0.29, 0.717) is 6.04 Å². The maximum absolute atomic E-state index is 12.1. The first-order valence-electron chi connectivity index (χ1n) is 8.56. The van der Waals surface area contributed by atoms with Crippen LogP contribution in [0, 0.1) is 0 Å². The smallest absolute Gasteiger partial charge is 0.321 e. The second kappa shape index (κ2) is 8.29. The third-order valence-corrected chi connectivity index (χ3v) is 4.55. The van der Waals surface area contributed by atoms with Gasteiger partial charge in [0.15, 0.2) is 0 Å². The second-order valence-electron chi connectivity index (χ2n) is 6.73. The molecule has 2 fully saturated rings. The maximum Gasteiger partial charge on any atom is 0.321 e. The van der Waals surface area contributed by atoms with Crippen molar-refractivity contribution in [2.45, 2.75) is 70.0 Å². The van der Waals surface area contributed by atoms with Crippen LogP contribution in [0.2, 0.25) is 0 Å². The van der Waals surface area contributed by atoms with E-state index in [0.717, 1.165) is 38.5 Å². The van der Waals surface area contributed by atoms with Crippen LogP contribution in [0.15, 0.2) is 0 Å². The number of likely N-dealkylation sites (N-methyl/N-ethyl adjacent to an activating group) is 1. The number of nitrogens with zero attached hydrogens (tertiary/aromatic N) is 1. The SMILES string of the molecule is C[C@@H](C(=O)NC(=O)NC1CCCCC1)N(C)CC(=O)NC1CC1. The van der Waals surface area contributed by atoms with E-state index >= 15 is 0 Å². The van der Waals surface area contributed by atoms with E-state index in [1.54, 1.807) is 18.9 Å². The maximum atomic E-state index is 12.1. The molecule has 2 aliphatic carbocycles. The van der Waals surface area contributed by atoms with Crippen LogP contribution < -0.4 is 16.0 Å². The van der Waals surface area contributed by atoms with Crippen molar-refractivity contribution >= 4 is 17.8 Å². The quantitative estimate of drug-likeness (QED) is 0.672. The van der Waals surface area contributed by atoms with Crippen LogP contribution in [0.4, 0.5) is 4.79 Å². The van der Waals surface area contributed by atoms with E-state index in [4.69, 9.17) is 0 Å². The van der Waals surface area contributed by atoms with Gasteiger partial charge in [0.2, 0.25) is 11.8 Å². The molecular formula is C16H28N4O3. The molecule has 3 N–H and O–H groups in total. The van der Waals surface area contributed by atoms with Crippen LogP contribution in [0.1, 0.15) is 51.9 Å². The Bertz CT molecular complexity index is 445. The number of hydrogen-bond acceptors (Lipinski definition) is 4. The van der Waals surface area contributed by atoms with Crippen molar-refractivity contribution in [3.63, 3.8) is 0 Å². The number of amides is 4. The number of hydrogen-bond donors (Lipinski definition) is 3. The Morgan fingerprint density at radius 1 is 1.00 bits per heavy atom. The van der Waals surface area contributed by atoms with Crippen molar-refractivity contribution in [2.24, 2.45) is 0 Å². The van der Waals surface area contributed by atoms with Crippen LogP contribution in [0.25, 0.3) is 0 Å².